The molecule has 45 heavy (non-hydrogen) atoms. The SMILES string of the molecule is FC(F)(F)c1cc(S)ccc1Oc1ccc(C(c2ccc(Oc3ccc(S)cc3C(F)(F)F)cc2)(C(F)(F)F)C(F)(F)F)cc1. The van der Waals surface area contributed by atoms with E-state index in [1.54, 1.807) is 0 Å². The maximum atomic E-state index is 14.5. The first-order chi connectivity index (χ1) is 20.6. The molecule has 0 saturated heterocycles. The Balaban J connectivity index is 1.75. The number of hydrogen-bond acceptors (Lipinski definition) is 4. The van der Waals surface area contributed by atoms with Crippen molar-refractivity contribution in [1.29, 1.82) is 0 Å². The van der Waals surface area contributed by atoms with Crippen LogP contribution in [-0.2, 0) is 17.8 Å². The number of alkyl halides is 12. The number of hydrogen-bond donors (Lipinski definition) is 2. The Hall–Kier alpha value is -3.66. The molecule has 0 aliphatic carbocycles. The summed E-state index contributed by atoms with van der Waals surface area (Å²) in [6, 6.07) is 9.41. The highest BCUT2D eigenvalue weighted by Crippen LogP contribution is 2.56. The lowest BCUT2D eigenvalue weighted by molar-refractivity contribution is -0.288. The fraction of sp³-hybridized carbons (Fsp3) is 0.172. The van der Waals surface area contributed by atoms with Gasteiger partial charge in [-0.25, -0.2) is 0 Å². The smallest absolute Gasteiger partial charge is 0.420 e. The molecule has 16 heteroatoms. The highest BCUT2D eigenvalue weighted by Gasteiger charge is 2.72. The molecular weight excluding hydrogens is 672 g/mol. The van der Waals surface area contributed by atoms with Gasteiger partial charge in [0, 0.05) is 9.79 Å². The van der Waals surface area contributed by atoms with Crippen LogP contribution in [0.4, 0.5) is 52.7 Å². The molecule has 0 aliphatic rings. The fourth-order valence-corrected chi connectivity index (χ4v) is 4.85. The second-order valence-electron chi connectivity index (χ2n) is 9.35. The topological polar surface area (TPSA) is 18.5 Å². The van der Waals surface area contributed by atoms with Crippen molar-refractivity contribution >= 4 is 25.3 Å². The lowest BCUT2D eigenvalue weighted by Crippen LogP contribution is -2.54. The summed E-state index contributed by atoms with van der Waals surface area (Å²) in [4.78, 5) is -0.170. The average molecular weight is 689 g/mol. The van der Waals surface area contributed by atoms with Gasteiger partial charge in [0.05, 0.1) is 11.1 Å². The monoisotopic (exact) mass is 688 g/mol. The zero-order valence-corrected chi connectivity index (χ0v) is 23.6. The first-order valence-electron chi connectivity index (χ1n) is 12.2. The second kappa shape index (κ2) is 11.9. The third kappa shape index (κ3) is 6.95. The van der Waals surface area contributed by atoms with Gasteiger partial charge in [-0.3, -0.25) is 0 Å². The van der Waals surface area contributed by atoms with E-state index < -0.39 is 75.4 Å². The second-order valence-corrected chi connectivity index (χ2v) is 10.4. The minimum Gasteiger partial charge on any atom is -0.457 e. The van der Waals surface area contributed by atoms with Crippen LogP contribution in [0.15, 0.2) is 94.7 Å². The lowest BCUT2D eigenvalue weighted by Gasteiger charge is -2.38. The molecule has 0 radical (unpaired) electrons. The Kier molecular flexibility index (Phi) is 9.07. The predicted octanol–water partition coefficient (Wildman–Crippen LogP) is 11.3. The summed E-state index contributed by atoms with van der Waals surface area (Å²) < 4.78 is 178. The number of rotatable bonds is 6. The molecule has 4 aromatic rings. The van der Waals surface area contributed by atoms with E-state index >= 15 is 0 Å². The van der Waals surface area contributed by atoms with Crippen molar-refractivity contribution in [3.05, 3.63) is 107 Å². The van der Waals surface area contributed by atoms with Gasteiger partial charge in [-0.1, -0.05) is 24.3 Å². The van der Waals surface area contributed by atoms with Gasteiger partial charge < -0.3 is 9.47 Å². The fourth-order valence-electron chi connectivity index (χ4n) is 4.44. The molecule has 0 saturated carbocycles. The maximum Gasteiger partial charge on any atom is 0.420 e. The normalized spacial score (nSPS) is 13.1. The van der Waals surface area contributed by atoms with Crippen LogP contribution in [0.3, 0.4) is 0 Å². The highest BCUT2D eigenvalue weighted by atomic mass is 32.1. The molecule has 0 heterocycles. The molecule has 0 amide bonds. The number of halogens is 12. The number of benzene rings is 4. The molecular formula is C29H16F12O2S2. The van der Waals surface area contributed by atoms with Crippen LogP contribution in [0.5, 0.6) is 23.0 Å². The average Bonchev–Trinajstić information content (AvgIpc) is 2.90. The first kappa shape index (κ1) is 34.2. The van der Waals surface area contributed by atoms with Crippen molar-refractivity contribution in [1.82, 2.24) is 0 Å². The van der Waals surface area contributed by atoms with Crippen LogP contribution in [0.1, 0.15) is 22.3 Å². The quantitative estimate of drug-likeness (QED) is 0.155. The van der Waals surface area contributed by atoms with E-state index in [4.69, 9.17) is 9.47 Å². The van der Waals surface area contributed by atoms with Gasteiger partial charge in [0.25, 0.3) is 0 Å². The van der Waals surface area contributed by atoms with Gasteiger partial charge in [-0.05, 0) is 71.8 Å². The molecule has 0 bridgehead atoms. The minimum atomic E-state index is -6.03. The third-order valence-corrected chi connectivity index (χ3v) is 6.97. The van der Waals surface area contributed by atoms with Gasteiger partial charge in [-0.15, -0.1) is 25.3 Å². The van der Waals surface area contributed by atoms with Crippen molar-refractivity contribution in [2.24, 2.45) is 0 Å². The molecule has 0 atom stereocenters. The molecule has 0 N–H and O–H groups in total. The van der Waals surface area contributed by atoms with Crippen molar-refractivity contribution in [3.63, 3.8) is 0 Å². The molecule has 4 rings (SSSR count). The number of thiol groups is 2. The van der Waals surface area contributed by atoms with Gasteiger partial charge in [0.1, 0.15) is 23.0 Å². The maximum absolute atomic E-state index is 14.5. The molecule has 4 aromatic carbocycles. The standard InChI is InChI=1S/C29H16F12O2S2/c30-26(31,32)21-13-19(44)9-11-23(21)42-17-5-1-15(2-6-17)25(28(36,37)38,29(39,40)41)16-3-7-18(8-4-16)43-24-12-10-20(45)14-22(24)27(33,34)35/h1-14,44-45H. The Labute approximate surface area is 257 Å². The van der Waals surface area contributed by atoms with E-state index in [1.165, 1.54) is 0 Å². The highest BCUT2D eigenvalue weighted by molar-refractivity contribution is 7.80. The van der Waals surface area contributed by atoms with Gasteiger partial charge in [-0.2, -0.15) is 52.7 Å². The van der Waals surface area contributed by atoms with E-state index in [9.17, 15) is 52.7 Å². The predicted molar refractivity (Wildman–Crippen MR) is 143 cm³/mol. The summed E-state index contributed by atoms with van der Waals surface area (Å²) in [6.45, 7) is 0. The Morgan fingerprint density at radius 1 is 0.422 bits per heavy atom. The van der Waals surface area contributed by atoms with Crippen LogP contribution in [0, 0.1) is 0 Å². The van der Waals surface area contributed by atoms with Crippen LogP contribution in [0.25, 0.3) is 0 Å². The summed E-state index contributed by atoms with van der Waals surface area (Å²) in [7, 11) is 0. The Bertz CT molecular complexity index is 1530. The van der Waals surface area contributed by atoms with Crippen LogP contribution >= 0.6 is 25.3 Å². The Morgan fingerprint density at radius 2 is 0.733 bits per heavy atom. The van der Waals surface area contributed by atoms with Crippen LogP contribution < -0.4 is 9.47 Å². The summed E-state index contributed by atoms with van der Waals surface area (Å²) in [5, 5.41) is 0. The summed E-state index contributed by atoms with van der Waals surface area (Å²) in [5.74, 6) is -2.57. The molecule has 0 aliphatic heterocycles. The van der Waals surface area contributed by atoms with Gasteiger partial charge in [0.2, 0.25) is 5.41 Å². The van der Waals surface area contributed by atoms with Crippen molar-refractivity contribution in [2.45, 2.75) is 39.9 Å². The van der Waals surface area contributed by atoms with E-state index in [2.05, 4.69) is 25.3 Å². The van der Waals surface area contributed by atoms with Gasteiger partial charge in [0.15, 0.2) is 0 Å². The molecule has 2 nitrogen and oxygen atoms in total. The summed E-state index contributed by atoms with van der Waals surface area (Å²) in [6.07, 6.45) is -21.9. The van der Waals surface area contributed by atoms with Crippen LogP contribution in [-0.4, -0.2) is 12.4 Å². The summed E-state index contributed by atoms with van der Waals surface area (Å²) >= 11 is 7.64. The van der Waals surface area contributed by atoms with Crippen molar-refractivity contribution in [3.8, 4) is 23.0 Å². The van der Waals surface area contributed by atoms with Crippen molar-refractivity contribution < 1.29 is 62.2 Å². The van der Waals surface area contributed by atoms with Gasteiger partial charge >= 0.3 is 24.7 Å². The molecule has 0 aromatic heterocycles. The molecule has 0 spiro atoms. The zero-order valence-electron chi connectivity index (χ0n) is 21.8. The van der Waals surface area contributed by atoms with E-state index in [0.717, 1.165) is 24.3 Å². The van der Waals surface area contributed by atoms with Crippen LogP contribution in [0.2, 0.25) is 0 Å². The van der Waals surface area contributed by atoms with E-state index in [-0.39, 0.29) is 9.79 Å². The number of ether oxygens (including phenoxy) is 2. The Morgan fingerprint density at radius 3 is 1.00 bits per heavy atom. The summed E-state index contributed by atoms with van der Waals surface area (Å²) in [5.41, 5.74) is -9.98. The largest absolute Gasteiger partial charge is 0.457 e. The van der Waals surface area contributed by atoms with E-state index in [1.807, 2.05) is 0 Å². The van der Waals surface area contributed by atoms with Crippen molar-refractivity contribution in [2.75, 3.05) is 0 Å². The molecule has 240 valence electrons. The zero-order chi connectivity index (χ0) is 33.6. The first-order valence-corrected chi connectivity index (χ1v) is 13.0. The third-order valence-electron chi connectivity index (χ3n) is 6.42. The minimum absolute atomic E-state index is 0.0852. The molecule has 0 unspecified atom stereocenters. The lowest BCUT2D eigenvalue weighted by atomic mass is 9.73. The van der Waals surface area contributed by atoms with E-state index in [0.29, 0.717) is 60.7 Å². The molecule has 0 fully saturated rings.